The summed E-state index contributed by atoms with van der Waals surface area (Å²) in [4.78, 5) is 12.4. The Balaban J connectivity index is 2.05. The molecule has 3 aromatic rings. The Labute approximate surface area is 121 Å². The minimum atomic E-state index is -0.163. The van der Waals surface area contributed by atoms with Crippen LogP contribution in [0.5, 0.6) is 0 Å². The van der Waals surface area contributed by atoms with Crippen LogP contribution in [0.3, 0.4) is 0 Å². The molecular formula is C16H12N4O. The zero-order valence-electron chi connectivity index (χ0n) is 11.4. The third kappa shape index (κ3) is 2.39. The van der Waals surface area contributed by atoms with Crippen LogP contribution in [0.1, 0.15) is 16.7 Å². The summed E-state index contributed by atoms with van der Waals surface area (Å²) in [6, 6.07) is 14.6. The van der Waals surface area contributed by atoms with E-state index in [1.165, 1.54) is 4.68 Å². The summed E-state index contributed by atoms with van der Waals surface area (Å²) in [6.45, 7) is 2.25. The summed E-state index contributed by atoms with van der Waals surface area (Å²) < 4.78 is 1.34. The SMILES string of the molecule is Cc1cc(C#N)ccc1Cn1nnc2ccccc2c1=O. The van der Waals surface area contributed by atoms with Crippen LogP contribution in [0, 0.1) is 18.3 Å². The van der Waals surface area contributed by atoms with Gasteiger partial charge in [-0.2, -0.15) is 5.26 Å². The van der Waals surface area contributed by atoms with E-state index < -0.39 is 0 Å². The quantitative estimate of drug-likeness (QED) is 0.718. The molecular weight excluding hydrogens is 264 g/mol. The number of nitrogens with zero attached hydrogens (tertiary/aromatic N) is 4. The van der Waals surface area contributed by atoms with Gasteiger partial charge in [0.2, 0.25) is 0 Å². The number of benzene rings is 2. The Hall–Kier alpha value is -3.00. The third-order valence-electron chi connectivity index (χ3n) is 3.42. The fraction of sp³-hybridized carbons (Fsp3) is 0.125. The highest BCUT2D eigenvalue weighted by atomic mass is 16.1. The van der Waals surface area contributed by atoms with Crippen molar-refractivity contribution in [3.05, 3.63) is 69.5 Å². The average Bonchev–Trinajstić information content (AvgIpc) is 2.52. The first-order chi connectivity index (χ1) is 10.2. The standard InChI is InChI=1S/C16H12N4O/c1-11-8-12(9-17)6-7-13(11)10-20-16(21)14-4-2-3-5-15(14)18-19-20/h2-8H,10H2,1H3. The number of rotatable bonds is 2. The predicted molar refractivity (Wildman–Crippen MR) is 78.8 cm³/mol. The zero-order valence-corrected chi connectivity index (χ0v) is 11.4. The van der Waals surface area contributed by atoms with Crippen molar-refractivity contribution in [2.24, 2.45) is 0 Å². The van der Waals surface area contributed by atoms with E-state index in [4.69, 9.17) is 5.26 Å². The first kappa shape index (κ1) is 13.0. The number of hydrogen-bond donors (Lipinski definition) is 0. The van der Waals surface area contributed by atoms with Crippen LogP contribution >= 0.6 is 0 Å². The lowest BCUT2D eigenvalue weighted by Crippen LogP contribution is -2.25. The molecule has 21 heavy (non-hydrogen) atoms. The Bertz CT molecular complexity index is 921. The normalized spacial score (nSPS) is 10.5. The van der Waals surface area contributed by atoms with Crippen molar-refractivity contribution in [2.45, 2.75) is 13.5 Å². The van der Waals surface area contributed by atoms with Gasteiger partial charge in [0.05, 0.1) is 23.6 Å². The highest BCUT2D eigenvalue weighted by Crippen LogP contribution is 2.12. The van der Waals surface area contributed by atoms with E-state index in [0.717, 1.165) is 11.1 Å². The monoisotopic (exact) mass is 276 g/mol. The van der Waals surface area contributed by atoms with Crippen molar-refractivity contribution in [1.29, 1.82) is 5.26 Å². The number of aromatic nitrogens is 3. The van der Waals surface area contributed by atoms with Crippen molar-refractivity contribution in [2.75, 3.05) is 0 Å². The molecule has 0 fully saturated rings. The largest absolute Gasteiger partial charge is 0.277 e. The smallest absolute Gasteiger partial charge is 0.267 e. The molecule has 0 aliphatic carbocycles. The van der Waals surface area contributed by atoms with Gasteiger partial charge >= 0.3 is 0 Å². The van der Waals surface area contributed by atoms with Crippen molar-refractivity contribution >= 4 is 10.9 Å². The Kier molecular flexibility index (Phi) is 3.20. The molecule has 0 atom stereocenters. The summed E-state index contributed by atoms with van der Waals surface area (Å²) >= 11 is 0. The summed E-state index contributed by atoms with van der Waals surface area (Å²) in [6.07, 6.45) is 0. The van der Waals surface area contributed by atoms with E-state index in [0.29, 0.717) is 23.0 Å². The molecule has 1 heterocycles. The van der Waals surface area contributed by atoms with Crippen molar-refractivity contribution in [1.82, 2.24) is 15.0 Å². The van der Waals surface area contributed by atoms with Crippen molar-refractivity contribution in [3.63, 3.8) is 0 Å². The summed E-state index contributed by atoms with van der Waals surface area (Å²) in [7, 11) is 0. The number of hydrogen-bond acceptors (Lipinski definition) is 4. The van der Waals surface area contributed by atoms with Gasteiger partial charge in [0, 0.05) is 0 Å². The van der Waals surface area contributed by atoms with Crippen LogP contribution in [0.4, 0.5) is 0 Å². The van der Waals surface area contributed by atoms with E-state index in [-0.39, 0.29) is 5.56 Å². The predicted octanol–water partition coefficient (Wildman–Crippen LogP) is 2.02. The van der Waals surface area contributed by atoms with Gasteiger partial charge in [-0.25, -0.2) is 4.68 Å². The molecule has 0 aliphatic rings. The maximum absolute atomic E-state index is 12.4. The molecule has 0 amide bonds. The fourth-order valence-corrected chi connectivity index (χ4v) is 2.23. The maximum atomic E-state index is 12.4. The van der Waals surface area contributed by atoms with Crippen molar-refractivity contribution < 1.29 is 0 Å². The number of aryl methyl sites for hydroxylation is 1. The molecule has 0 bridgehead atoms. The highest BCUT2D eigenvalue weighted by Gasteiger charge is 2.07. The van der Waals surface area contributed by atoms with Gasteiger partial charge in [-0.15, -0.1) is 5.10 Å². The summed E-state index contributed by atoms with van der Waals surface area (Å²) in [5.41, 5.74) is 2.93. The van der Waals surface area contributed by atoms with Gasteiger partial charge in [-0.3, -0.25) is 4.79 Å². The van der Waals surface area contributed by atoms with Gasteiger partial charge in [0.25, 0.3) is 5.56 Å². The van der Waals surface area contributed by atoms with Crippen LogP contribution in [-0.2, 0) is 6.54 Å². The van der Waals surface area contributed by atoms with Gasteiger partial charge < -0.3 is 0 Å². The van der Waals surface area contributed by atoms with Gasteiger partial charge in [0.1, 0.15) is 5.52 Å². The van der Waals surface area contributed by atoms with E-state index in [1.807, 2.05) is 25.1 Å². The Morgan fingerprint density at radius 2 is 2.05 bits per heavy atom. The highest BCUT2D eigenvalue weighted by molar-refractivity contribution is 5.76. The second-order valence-corrected chi connectivity index (χ2v) is 4.82. The average molecular weight is 276 g/mol. The topological polar surface area (TPSA) is 71.6 Å². The lowest BCUT2D eigenvalue weighted by atomic mass is 10.1. The molecule has 0 radical (unpaired) electrons. The molecule has 0 aliphatic heterocycles. The summed E-state index contributed by atoms with van der Waals surface area (Å²) in [5.74, 6) is 0. The van der Waals surface area contributed by atoms with E-state index in [2.05, 4.69) is 16.4 Å². The molecule has 102 valence electrons. The van der Waals surface area contributed by atoms with Gasteiger partial charge in [-0.1, -0.05) is 23.4 Å². The molecule has 0 saturated heterocycles. The number of fused-ring (bicyclic) bond motifs is 1. The number of nitriles is 1. The van der Waals surface area contributed by atoms with Crippen LogP contribution in [-0.4, -0.2) is 15.0 Å². The molecule has 5 nitrogen and oxygen atoms in total. The second-order valence-electron chi connectivity index (χ2n) is 4.82. The minimum absolute atomic E-state index is 0.163. The molecule has 0 unspecified atom stereocenters. The van der Waals surface area contributed by atoms with Gasteiger partial charge in [0.15, 0.2) is 0 Å². The summed E-state index contributed by atoms with van der Waals surface area (Å²) in [5, 5.41) is 17.5. The van der Waals surface area contributed by atoms with Crippen LogP contribution in [0.25, 0.3) is 10.9 Å². The molecule has 2 aromatic carbocycles. The third-order valence-corrected chi connectivity index (χ3v) is 3.42. The minimum Gasteiger partial charge on any atom is -0.267 e. The van der Waals surface area contributed by atoms with Crippen LogP contribution in [0.15, 0.2) is 47.3 Å². The lowest BCUT2D eigenvalue weighted by molar-refractivity contribution is 0.599. The van der Waals surface area contributed by atoms with Gasteiger partial charge in [-0.05, 0) is 42.3 Å². The molecule has 1 aromatic heterocycles. The second kappa shape index (κ2) is 5.17. The molecule has 0 spiro atoms. The van der Waals surface area contributed by atoms with E-state index in [9.17, 15) is 4.79 Å². The Morgan fingerprint density at radius 1 is 1.24 bits per heavy atom. The molecule has 0 N–H and O–H groups in total. The van der Waals surface area contributed by atoms with E-state index in [1.54, 1.807) is 24.3 Å². The first-order valence-electron chi connectivity index (χ1n) is 6.51. The van der Waals surface area contributed by atoms with Crippen molar-refractivity contribution in [3.8, 4) is 6.07 Å². The molecule has 3 rings (SSSR count). The Morgan fingerprint density at radius 3 is 2.81 bits per heavy atom. The lowest BCUT2D eigenvalue weighted by Gasteiger charge is -2.08. The van der Waals surface area contributed by atoms with E-state index >= 15 is 0 Å². The molecule has 5 heteroatoms. The fourth-order valence-electron chi connectivity index (χ4n) is 2.23. The van der Waals surface area contributed by atoms with Crippen LogP contribution < -0.4 is 5.56 Å². The first-order valence-corrected chi connectivity index (χ1v) is 6.51. The zero-order chi connectivity index (χ0) is 14.8. The maximum Gasteiger partial charge on any atom is 0.277 e. The van der Waals surface area contributed by atoms with Crippen LogP contribution in [0.2, 0.25) is 0 Å². The molecule has 0 saturated carbocycles.